The van der Waals surface area contributed by atoms with Crippen LogP contribution in [0, 0.1) is 17.8 Å². The average molecular weight is 789 g/mol. The van der Waals surface area contributed by atoms with Crippen LogP contribution in [0.1, 0.15) is 94.9 Å². The van der Waals surface area contributed by atoms with Crippen LogP contribution in [0.5, 0.6) is 0 Å². The van der Waals surface area contributed by atoms with Crippen LogP contribution >= 0.6 is 0 Å². The number of ether oxygens (including phenoxy) is 7. The number of carbonyl (C=O) groups is 1. The highest BCUT2D eigenvalue weighted by Crippen LogP contribution is 2.41. The molecule has 322 valence electrons. The first-order valence-corrected chi connectivity index (χ1v) is 20.2. The Hall–Kier alpha value is -1.27. The maximum atomic E-state index is 14.4. The SMILES string of the molecule is C=CCO[C@]1(C)C[C@@H](C)CN(C)[C@H](C)[C@@H](O)[C@](C)(O)[C@@H](CC)OC(=O)[C@H](C)[C@@H](O[C@H]2C[C@@](C)(OC)[C@@H](O)[C@H](C)O2)[C@H](C)[C@H]1O[C@@H]1O[C@H](C)C[C@H](N(C)C)[C@H]1O. The number of rotatable bonds is 10. The van der Waals surface area contributed by atoms with E-state index in [0.29, 0.717) is 19.4 Å². The summed E-state index contributed by atoms with van der Waals surface area (Å²) in [6.45, 7) is 22.9. The number of hydrogen-bond donors (Lipinski definition) is 4. The Morgan fingerprint density at radius 2 is 1.62 bits per heavy atom. The van der Waals surface area contributed by atoms with Crippen LogP contribution in [0.2, 0.25) is 0 Å². The lowest BCUT2D eigenvalue weighted by Gasteiger charge is -2.50. The highest BCUT2D eigenvalue weighted by Gasteiger charge is 2.53. The molecule has 3 rings (SSSR count). The van der Waals surface area contributed by atoms with Crippen LogP contribution in [-0.4, -0.2) is 168 Å². The molecular weight excluding hydrogens is 712 g/mol. The molecular formula is C41H76N2O12. The number of hydrogen-bond acceptors (Lipinski definition) is 14. The largest absolute Gasteiger partial charge is 0.459 e. The predicted molar refractivity (Wildman–Crippen MR) is 208 cm³/mol. The molecule has 0 saturated carbocycles. The number of nitrogens with zero attached hydrogens (tertiary/aromatic N) is 2. The molecule has 3 saturated heterocycles. The molecule has 0 spiro atoms. The Kier molecular flexibility index (Phi) is 17.2. The van der Waals surface area contributed by atoms with Crippen LogP contribution in [-0.2, 0) is 38.0 Å². The van der Waals surface area contributed by atoms with E-state index in [-0.39, 0.29) is 37.5 Å². The van der Waals surface area contributed by atoms with Crippen molar-refractivity contribution < 1.29 is 58.4 Å². The third-order valence-corrected chi connectivity index (χ3v) is 12.7. The summed E-state index contributed by atoms with van der Waals surface area (Å²) in [5.41, 5.74) is -3.87. The van der Waals surface area contributed by atoms with E-state index in [1.807, 2.05) is 58.6 Å². The summed E-state index contributed by atoms with van der Waals surface area (Å²) in [4.78, 5) is 18.3. The van der Waals surface area contributed by atoms with E-state index in [9.17, 15) is 25.2 Å². The molecule has 0 aromatic carbocycles. The molecule has 0 aliphatic carbocycles. The minimum absolute atomic E-state index is 0.0449. The molecule has 4 N–H and O–H groups in total. The van der Waals surface area contributed by atoms with Gasteiger partial charge in [0, 0.05) is 38.1 Å². The maximum Gasteiger partial charge on any atom is 0.311 e. The van der Waals surface area contributed by atoms with E-state index in [1.165, 1.54) is 14.0 Å². The zero-order chi connectivity index (χ0) is 41.8. The van der Waals surface area contributed by atoms with Crippen LogP contribution < -0.4 is 0 Å². The van der Waals surface area contributed by atoms with Crippen LogP contribution in [0.4, 0.5) is 0 Å². The van der Waals surface area contributed by atoms with E-state index in [0.717, 1.165) is 0 Å². The second-order valence-electron chi connectivity index (χ2n) is 17.7. The van der Waals surface area contributed by atoms with Crippen molar-refractivity contribution in [3.63, 3.8) is 0 Å². The smallest absolute Gasteiger partial charge is 0.311 e. The summed E-state index contributed by atoms with van der Waals surface area (Å²) in [6.07, 6.45) is -5.81. The molecule has 3 fully saturated rings. The minimum atomic E-state index is -1.79. The number of likely N-dealkylation sites (N-methyl/N-ethyl adjacent to an activating group) is 2. The molecule has 0 aromatic heterocycles. The normalized spacial score (nSPS) is 47.5. The monoisotopic (exact) mass is 789 g/mol. The van der Waals surface area contributed by atoms with Crippen molar-refractivity contribution in [3.8, 4) is 0 Å². The minimum Gasteiger partial charge on any atom is -0.459 e. The van der Waals surface area contributed by atoms with Crippen molar-refractivity contribution in [3.05, 3.63) is 12.7 Å². The van der Waals surface area contributed by atoms with Crippen LogP contribution in [0.15, 0.2) is 12.7 Å². The first-order valence-electron chi connectivity index (χ1n) is 20.2. The van der Waals surface area contributed by atoms with Crippen LogP contribution in [0.3, 0.4) is 0 Å². The summed E-state index contributed by atoms with van der Waals surface area (Å²) >= 11 is 0. The lowest BCUT2D eigenvalue weighted by Crippen LogP contribution is -2.61. The first-order chi connectivity index (χ1) is 25.5. The Labute approximate surface area is 330 Å². The van der Waals surface area contributed by atoms with Gasteiger partial charge in [-0.3, -0.25) is 4.79 Å². The lowest BCUT2D eigenvalue weighted by atomic mass is 9.77. The number of methoxy groups -OCH3 is 1. The maximum absolute atomic E-state index is 14.4. The van der Waals surface area contributed by atoms with Gasteiger partial charge in [0.1, 0.15) is 30.0 Å². The fourth-order valence-electron chi connectivity index (χ4n) is 9.10. The predicted octanol–water partition coefficient (Wildman–Crippen LogP) is 3.11. The highest BCUT2D eigenvalue weighted by atomic mass is 16.7. The number of esters is 1. The number of aliphatic hydroxyl groups excluding tert-OH is 3. The van der Waals surface area contributed by atoms with E-state index in [1.54, 1.807) is 33.8 Å². The van der Waals surface area contributed by atoms with Gasteiger partial charge in [-0.15, -0.1) is 6.58 Å². The number of carbonyl (C=O) groups excluding carboxylic acids is 1. The molecule has 0 amide bonds. The second kappa shape index (κ2) is 19.7. The van der Waals surface area contributed by atoms with Gasteiger partial charge < -0.3 is 63.4 Å². The van der Waals surface area contributed by atoms with Crippen LogP contribution in [0.25, 0.3) is 0 Å². The van der Waals surface area contributed by atoms with Gasteiger partial charge in [-0.1, -0.05) is 26.8 Å². The van der Waals surface area contributed by atoms with Gasteiger partial charge in [-0.05, 0) is 94.8 Å². The lowest BCUT2D eigenvalue weighted by molar-refractivity contribution is -0.320. The summed E-state index contributed by atoms with van der Waals surface area (Å²) in [7, 11) is 7.24. The van der Waals surface area contributed by atoms with Gasteiger partial charge >= 0.3 is 5.97 Å². The molecule has 0 bridgehead atoms. The van der Waals surface area contributed by atoms with E-state index in [4.69, 9.17) is 33.2 Å². The fourth-order valence-corrected chi connectivity index (χ4v) is 9.10. The van der Waals surface area contributed by atoms with E-state index in [2.05, 4.69) is 13.5 Å². The third-order valence-electron chi connectivity index (χ3n) is 12.7. The van der Waals surface area contributed by atoms with Gasteiger partial charge in [0.2, 0.25) is 0 Å². The number of aliphatic hydroxyl groups is 4. The zero-order valence-electron chi connectivity index (χ0n) is 36.1. The molecule has 55 heavy (non-hydrogen) atoms. The molecule has 0 unspecified atom stereocenters. The summed E-state index contributed by atoms with van der Waals surface area (Å²) in [6, 6.07) is -0.761. The third kappa shape index (κ3) is 11.1. The molecule has 3 heterocycles. The second-order valence-corrected chi connectivity index (χ2v) is 17.7. The van der Waals surface area contributed by atoms with Crippen molar-refractivity contribution >= 4 is 5.97 Å². The standard InChI is InChI=1S/C41H76N2O12/c1-16-18-50-40(10)20-23(3)22-43(14)27(7)34(45)41(11,48)30(17-2)53-37(47)26(6)33(54-31-21-39(9,49-15)35(46)28(8)52-31)25(5)36(40)55-38-32(44)29(42(12)13)19-24(4)51-38/h16,23-36,38,44-46,48H,1,17-22H2,2-15H3/t23-,24-,25+,26-,27-,28+,29+,30-,31+,32-,33+,34-,35+,36-,38+,39-,40-,41-/m1/s1. The van der Waals surface area contributed by atoms with Gasteiger partial charge in [0.05, 0.1) is 48.1 Å². The van der Waals surface area contributed by atoms with Crippen molar-refractivity contribution in [2.24, 2.45) is 17.8 Å². The Morgan fingerprint density at radius 3 is 2.18 bits per heavy atom. The van der Waals surface area contributed by atoms with E-state index >= 15 is 0 Å². The first kappa shape index (κ1) is 48.1. The number of cyclic esters (lactones) is 1. The van der Waals surface area contributed by atoms with Crippen molar-refractivity contribution in [1.29, 1.82) is 0 Å². The molecule has 3 aliphatic rings. The molecule has 0 aromatic rings. The Bertz CT molecular complexity index is 1230. The highest BCUT2D eigenvalue weighted by molar-refractivity contribution is 5.73. The molecule has 3 aliphatic heterocycles. The van der Waals surface area contributed by atoms with E-state index < -0.39 is 96.0 Å². The molecule has 14 heteroatoms. The summed E-state index contributed by atoms with van der Waals surface area (Å²) in [5.74, 6) is -2.32. The van der Waals surface area contributed by atoms with Gasteiger partial charge in [0.25, 0.3) is 0 Å². The van der Waals surface area contributed by atoms with Crippen molar-refractivity contribution in [2.45, 2.75) is 185 Å². The average Bonchev–Trinajstić information content (AvgIpc) is 3.12. The van der Waals surface area contributed by atoms with Gasteiger partial charge in [-0.25, -0.2) is 0 Å². The quantitative estimate of drug-likeness (QED) is 0.188. The molecule has 18 atom stereocenters. The topological polar surface area (TPSA) is 169 Å². The van der Waals surface area contributed by atoms with Gasteiger partial charge in [-0.2, -0.15) is 0 Å². The van der Waals surface area contributed by atoms with Gasteiger partial charge in [0.15, 0.2) is 12.6 Å². The summed E-state index contributed by atoms with van der Waals surface area (Å²) < 4.78 is 45.0. The molecule has 0 radical (unpaired) electrons. The zero-order valence-corrected chi connectivity index (χ0v) is 36.1. The Morgan fingerprint density at radius 1 is 0.982 bits per heavy atom. The Balaban J connectivity index is 2.26. The van der Waals surface area contributed by atoms with Crippen molar-refractivity contribution in [1.82, 2.24) is 9.80 Å². The fraction of sp³-hybridized carbons (Fsp3) is 0.927. The van der Waals surface area contributed by atoms with Crippen molar-refractivity contribution in [2.75, 3.05) is 41.4 Å². The summed E-state index contributed by atoms with van der Waals surface area (Å²) in [5, 5.41) is 46.2. The molecule has 14 nitrogen and oxygen atoms in total.